The first-order valence-corrected chi connectivity index (χ1v) is 7.80. The van der Waals surface area contributed by atoms with Crippen molar-refractivity contribution in [2.24, 2.45) is 0 Å². The number of unbranched alkanes of at least 4 members (excludes halogenated alkanes) is 3. The van der Waals surface area contributed by atoms with Crippen molar-refractivity contribution in [1.29, 1.82) is 0 Å². The van der Waals surface area contributed by atoms with E-state index >= 15 is 0 Å². The van der Waals surface area contributed by atoms with Crippen molar-refractivity contribution >= 4 is 5.91 Å². The Morgan fingerprint density at radius 1 is 1.18 bits per heavy atom. The number of nitrogens with one attached hydrogen (secondary N) is 1. The van der Waals surface area contributed by atoms with E-state index in [9.17, 15) is 4.79 Å². The monoisotopic (exact) mass is 301 g/mol. The lowest BCUT2D eigenvalue weighted by molar-refractivity contribution is -0.122. The molecule has 1 aromatic heterocycles. The fraction of sp³-hybridized carbons (Fsp3) is 0.500. The maximum absolute atomic E-state index is 11.8. The molecule has 0 aliphatic rings. The number of hydrogen-bond donors (Lipinski definition) is 1. The second-order valence-electron chi connectivity index (χ2n) is 5.42. The number of nitrogens with zero attached hydrogens (tertiary/aromatic N) is 4. The molecule has 22 heavy (non-hydrogen) atoms. The summed E-state index contributed by atoms with van der Waals surface area (Å²) in [6.45, 7) is 5.00. The van der Waals surface area contributed by atoms with Crippen LogP contribution in [0.2, 0.25) is 0 Å². The number of amides is 1. The van der Waals surface area contributed by atoms with Gasteiger partial charge in [-0.15, -0.1) is 10.2 Å². The lowest BCUT2D eigenvalue weighted by atomic mass is 10.1. The Kier molecular flexibility index (Phi) is 6.06. The van der Waals surface area contributed by atoms with E-state index < -0.39 is 0 Å². The molecule has 1 N–H and O–H groups in total. The number of rotatable bonds is 8. The summed E-state index contributed by atoms with van der Waals surface area (Å²) in [6.07, 6.45) is 4.56. The number of carbonyl (C=O) groups excluding carboxylic acids is 1. The zero-order valence-corrected chi connectivity index (χ0v) is 13.2. The first-order chi connectivity index (χ1) is 10.7. The van der Waals surface area contributed by atoms with Crippen molar-refractivity contribution in [1.82, 2.24) is 25.5 Å². The average molecular weight is 301 g/mol. The number of benzene rings is 1. The largest absolute Gasteiger partial charge is 0.354 e. The smallest absolute Gasteiger partial charge is 0.243 e. The fourth-order valence-electron chi connectivity index (χ4n) is 2.09. The van der Waals surface area contributed by atoms with Crippen molar-refractivity contribution in [3.63, 3.8) is 0 Å². The molecule has 6 nitrogen and oxygen atoms in total. The van der Waals surface area contributed by atoms with Gasteiger partial charge >= 0.3 is 0 Å². The molecule has 0 aliphatic heterocycles. The topological polar surface area (TPSA) is 72.7 Å². The van der Waals surface area contributed by atoms with Crippen LogP contribution < -0.4 is 5.32 Å². The van der Waals surface area contributed by atoms with Gasteiger partial charge < -0.3 is 5.32 Å². The molecule has 2 rings (SSSR count). The molecule has 0 radical (unpaired) electrons. The van der Waals surface area contributed by atoms with Crippen molar-refractivity contribution in [3.8, 4) is 11.4 Å². The van der Waals surface area contributed by atoms with Crippen LogP contribution in [0.15, 0.2) is 24.3 Å². The summed E-state index contributed by atoms with van der Waals surface area (Å²) in [5.41, 5.74) is 2.08. The van der Waals surface area contributed by atoms with E-state index in [0.717, 1.165) is 18.4 Å². The van der Waals surface area contributed by atoms with E-state index in [1.807, 2.05) is 31.2 Å². The SMILES string of the molecule is CCCCCCNC(=O)Cn1nnc(-c2ccc(C)cc2)n1. The van der Waals surface area contributed by atoms with Crippen molar-refractivity contribution in [2.45, 2.75) is 46.1 Å². The molecule has 0 spiro atoms. The molecule has 1 heterocycles. The van der Waals surface area contributed by atoms with E-state index in [4.69, 9.17) is 0 Å². The summed E-state index contributed by atoms with van der Waals surface area (Å²) in [5.74, 6) is 0.458. The van der Waals surface area contributed by atoms with Gasteiger partial charge in [-0.3, -0.25) is 4.79 Å². The van der Waals surface area contributed by atoms with Gasteiger partial charge in [0.15, 0.2) is 0 Å². The summed E-state index contributed by atoms with van der Waals surface area (Å²) in [5, 5.41) is 15.0. The van der Waals surface area contributed by atoms with Gasteiger partial charge in [-0.2, -0.15) is 4.80 Å². The van der Waals surface area contributed by atoms with Crippen LogP contribution in [0.4, 0.5) is 0 Å². The standard InChI is InChI=1S/C16H23N5O/c1-3-4-5-6-11-17-15(22)12-21-19-16(18-20-21)14-9-7-13(2)8-10-14/h7-10H,3-6,11-12H2,1-2H3,(H,17,22). The Morgan fingerprint density at radius 3 is 2.68 bits per heavy atom. The quantitative estimate of drug-likeness (QED) is 0.760. The first kappa shape index (κ1) is 16.1. The molecule has 0 saturated carbocycles. The Morgan fingerprint density at radius 2 is 1.95 bits per heavy atom. The van der Waals surface area contributed by atoms with Gasteiger partial charge in [0.25, 0.3) is 0 Å². The number of tetrazole rings is 1. The van der Waals surface area contributed by atoms with E-state index in [1.165, 1.54) is 23.2 Å². The molecule has 0 bridgehead atoms. The zero-order chi connectivity index (χ0) is 15.8. The Bertz CT molecular complexity index is 591. The zero-order valence-electron chi connectivity index (χ0n) is 13.2. The van der Waals surface area contributed by atoms with Crippen LogP contribution >= 0.6 is 0 Å². The predicted octanol–water partition coefficient (Wildman–Crippen LogP) is 2.35. The summed E-state index contributed by atoms with van der Waals surface area (Å²) in [6, 6.07) is 7.90. The van der Waals surface area contributed by atoms with Crippen LogP contribution in [0.1, 0.15) is 38.2 Å². The van der Waals surface area contributed by atoms with Crippen molar-refractivity contribution in [3.05, 3.63) is 29.8 Å². The van der Waals surface area contributed by atoms with Crippen molar-refractivity contribution < 1.29 is 4.79 Å². The highest BCUT2D eigenvalue weighted by molar-refractivity contribution is 5.75. The number of aromatic nitrogens is 4. The Balaban J connectivity index is 1.81. The molecule has 0 atom stereocenters. The first-order valence-electron chi connectivity index (χ1n) is 7.80. The number of carbonyl (C=O) groups is 1. The fourth-order valence-corrected chi connectivity index (χ4v) is 2.09. The summed E-state index contributed by atoms with van der Waals surface area (Å²) in [4.78, 5) is 13.1. The van der Waals surface area contributed by atoms with Gasteiger partial charge in [-0.1, -0.05) is 56.0 Å². The van der Waals surface area contributed by atoms with Crippen LogP contribution in [-0.4, -0.2) is 32.7 Å². The van der Waals surface area contributed by atoms with Gasteiger partial charge in [0.05, 0.1) is 0 Å². The van der Waals surface area contributed by atoms with Crippen LogP contribution in [0, 0.1) is 6.92 Å². The Labute approximate surface area is 130 Å². The number of aryl methyl sites for hydroxylation is 1. The summed E-state index contributed by atoms with van der Waals surface area (Å²) >= 11 is 0. The van der Waals surface area contributed by atoms with Gasteiger partial charge in [-0.05, 0) is 18.6 Å². The van der Waals surface area contributed by atoms with Gasteiger partial charge in [0, 0.05) is 12.1 Å². The van der Waals surface area contributed by atoms with Crippen molar-refractivity contribution in [2.75, 3.05) is 6.54 Å². The van der Waals surface area contributed by atoms with E-state index in [0.29, 0.717) is 12.4 Å². The van der Waals surface area contributed by atoms with Gasteiger partial charge in [-0.25, -0.2) is 0 Å². The molecule has 6 heteroatoms. The third-order valence-corrected chi connectivity index (χ3v) is 3.40. The van der Waals surface area contributed by atoms with Gasteiger partial charge in [0.1, 0.15) is 6.54 Å². The minimum atomic E-state index is -0.0793. The third kappa shape index (κ3) is 4.95. The molecule has 1 amide bonds. The molecule has 2 aromatic rings. The van der Waals surface area contributed by atoms with E-state index in [-0.39, 0.29) is 12.5 Å². The van der Waals surface area contributed by atoms with Crippen LogP contribution in [0.5, 0.6) is 0 Å². The van der Waals surface area contributed by atoms with Gasteiger partial charge in [0.2, 0.25) is 11.7 Å². The summed E-state index contributed by atoms with van der Waals surface area (Å²) < 4.78 is 0. The number of hydrogen-bond acceptors (Lipinski definition) is 4. The minimum absolute atomic E-state index is 0.0793. The van der Waals surface area contributed by atoms with Crippen LogP contribution in [0.3, 0.4) is 0 Å². The highest BCUT2D eigenvalue weighted by Gasteiger charge is 2.08. The highest BCUT2D eigenvalue weighted by atomic mass is 16.2. The molecule has 0 unspecified atom stereocenters. The normalized spacial score (nSPS) is 10.6. The lowest BCUT2D eigenvalue weighted by Crippen LogP contribution is -2.29. The molecule has 0 saturated heterocycles. The highest BCUT2D eigenvalue weighted by Crippen LogP contribution is 2.13. The van der Waals surface area contributed by atoms with Crippen LogP contribution in [-0.2, 0) is 11.3 Å². The predicted molar refractivity (Wildman–Crippen MR) is 85.1 cm³/mol. The molecule has 1 aromatic carbocycles. The lowest BCUT2D eigenvalue weighted by Gasteiger charge is -2.03. The third-order valence-electron chi connectivity index (χ3n) is 3.40. The molecular formula is C16H23N5O. The molecule has 118 valence electrons. The molecule has 0 aliphatic carbocycles. The molecule has 0 fully saturated rings. The van der Waals surface area contributed by atoms with Crippen LogP contribution in [0.25, 0.3) is 11.4 Å². The maximum atomic E-state index is 11.8. The van der Waals surface area contributed by atoms with E-state index in [2.05, 4.69) is 27.7 Å². The second kappa shape index (κ2) is 8.26. The van der Waals surface area contributed by atoms with E-state index in [1.54, 1.807) is 0 Å². The average Bonchev–Trinajstić information content (AvgIpc) is 2.96. The summed E-state index contributed by atoms with van der Waals surface area (Å²) in [7, 11) is 0. The Hall–Kier alpha value is -2.24. The second-order valence-corrected chi connectivity index (χ2v) is 5.42. The molecular weight excluding hydrogens is 278 g/mol. The minimum Gasteiger partial charge on any atom is -0.354 e. The maximum Gasteiger partial charge on any atom is 0.243 e.